The van der Waals surface area contributed by atoms with Gasteiger partial charge >= 0.3 is 0 Å². The predicted molar refractivity (Wildman–Crippen MR) is 68.4 cm³/mol. The molecule has 3 N–H and O–H groups in total. The molecule has 84 valence electrons. The summed E-state index contributed by atoms with van der Waals surface area (Å²) in [5, 5.41) is 11.3. The van der Waals surface area contributed by atoms with Gasteiger partial charge in [-0.1, -0.05) is 29.1 Å². The number of hydrogen-bond acceptors (Lipinski definition) is 5. The number of benzene rings is 1. The van der Waals surface area contributed by atoms with Gasteiger partial charge in [0.05, 0.1) is 10.2 Å². The number of nitrogens with zero attached hydrogens (tertiary/aromatic N) is 2. The number of nitrogens with two attached hydrogens (primary N) is 1. The molecular weight excluding hydrogens is 242 g/mol. The van der Waals surface area contributed by atoms with E-state index >= 15 is 0 Å². The van der Waals surface area contributed by atoms with Gasteiger partial charge in [-0.25, -0.2) is 4.98 Å². The lowest BCUT2D eigenvalue weighted by Gasteiger charge is -1.95. The van der Waals surface area contributed by atoms with Crippen molar-refractivity contribution in [3.63, 3.8) is 0 Å². The molecule has 1 heterocycles. The molecule has 0 unspecified atom stereocenters. The highest BCUT2D eigenvalue weighted by molar-refractivity contribution is 8.01. The summed E-state index contributed by atoms with van der Waals surface area (Å²) in [6.07, 6.45) is 0.567. The van der Waals surface area contributed by atoms with E-state index in [9.17, 15) is 0 Å². The van der Waals surface area contributed by atoms with Crippen LogP contribution >= 0.6 is 23.1 Å². The fourth-order valence-electron chi connectivity index (χ4n) is 1.21. The van der Waals surface area contributed by atoms with Crippen LogP contribution in [-0.2, 0) is 0 Å². The number of thiazole rings is 1. The van der Waals surface area contributed by atoms with Crippen molar-refractivity contribution < 1.29 is 5.21 Å². The summed E-state index contributed by atoms with van der Waals surface area (Å²) in [5.41, 5.74) is 6.41. The summed E-state index contributed by atoms with van der Waals surface area (Å²) in [5.74, 6) is 1.03. The van der Waals surface area contributed by atoms with Crippen LogP contribution in [-0.4, -0.2) is 21.8 Å². The van der Waals surface area contributed by atoms with Gasteiger partial charge in [0.1, 0.15) is 5.84 Å². The molecule has 0 aliphatic carbocycles. The lowest BCUT2D eigenvalue weighted by molar-refractivity contribution is 0.317. The second kappa shape index (κ2) is 5.18. The van der Waals surface area contributed by atoms with Crippen LogP contribution in [0, 0.1) is 0 Å². The molecule has 4 nitrogen and oxygen atoms in total. The first-order chi connectivity index (χ1) is 7.79. The predicted octanol–water partition coefficient (Wildman–Crippen LogP) is 2.52. The minimum atomic E-state index is 0.258. The molecule has 1 aromatic heterocycles. The van der Waals surface area contributed by atoms with E-state index in [2.05, 4.69) is 16.2 Å². The number of aromatic nitrogens is 1. The lowest BCUT2D eigenvalue weighted by atomic mass is 10.3. The molecule has 2 aromatic rings. The molecule has 0 aliphatic heterocycles. The SMILES string of the molecule is N/C(CCSc1nc2ccccc2s1)=N\O. The highest BCUT2D eigenvalue weighted by Crippen LogP contribution is 2.29. The molecule has 2 rings (SSSR count). The molecule has 16 heavy (non-hydrogen) atoms. The van der Waals surface area contributed by atoms with Gasteiger partial charge in [0.15, 0.2) is 4.34 Å². The van der Waals surface area contributed by atoms with E-state index in [1.54, 1.807) is 23.1 Å². The Morgan fingerprint density at radius 1 is 1.50 bits per heavy atom. The smallest absolute Gasteiger partial charge is 0.151 e. The van der Waals surface area contributed by atoms with Crippen molar-refractivity contribution >= 4 is 39.2 Å². The molecule has 0 saturated carbocycles. The fourth-order valence-corrected chi connectivity index (χ4v) is 3.31. The van der Waals surface area contributed by atoms with Crippen molar-refractivity contribution in [3.8, 4) is 0 Å². The first-order valence-corrected chi connectivity index (χ1v) is 6.54. The summed E-state index contributed by atoms with van der Waals surface area (Å²) >= 11 is 3.29. The molecule has 0 radical (unpaired) electrons. The Kier molecular flexibility index (Phi) is 3.63. The van der Waals surface area contributed by atoms with Crippen molar-refractivity contribution in [3.05, 3.63) is 24.3 Å². The summed E-state index contributed by atoms with van der Waals surface area (Å²) in [6, 6.07) is 8.04. The second-order valence-electron chi connectivity index (χ2n) is 3.14. The Bertz CT molecular complexity index is 476. The third-order valence-corrected chi connectivity index (χ3v) is 4.17. The van der Waals surface area contributed by atoms with Gasteiger partial charge in [-0.3, -0.25) is 0 Å². The van der Waals surface area contributed by atoms with Gasteiger partial charge in [-0.05, 0) is 12.1 Å². The maximum Gasteiger partial charge on any atom is 0.151 e. The fraction of sp³-hybridized carbons (Fsp3) is 0.200. The van der Waals surface area contributed by atoms with Gasteiger partial charge in [0.2, 0.25) is 0 Å². The quantitative estimate of drug-likeness (QED) is 0.289. The highest BCUT2D eigenvalue weighted by atomic mass is 32.2. The van der Waals surface area contributed by atoms with Crippen molar-refractivity contribution in [1.29, 1.82) is 0 Å². The molecule has 0 atom stereocenters. The Labute approximate surface area is 101 Å². The third-order valence-electron chi connectivity index (χ3n) is 1.99. The summed E-state index contributed by atoms with van der Waals surface area (Å²) < 4.78 is 2.21. The summed E-state index contributed by atoms with van der Waals surface area (Å²) in [4.78, 5) is 4.47. The van der Waals surface area contributed by atoms with Crippen LogP contribution in [0.2, 0.25) is 0 Å². The average molecular weight is 253 g/mol. The van der Waals surface area contributed by atoms with Gasteiger partial charge in [-0.15, -0.1) is 11.3 Å². The molecule has 0 saturated heterocycles. The summed E-state index contributed by atoms with van der Waals surface area (Å²) in [7, 11) is 0. The first-order valence-electron chi connectivity index (χ1n) is 4.74. The van der Waals surface area contributed by atoms with E-state index in [4.69, 9.17) is 10.9 Å². The minimum absolute atomic E-state index is 0.258. The van der Waals surface area contributed by atoms with E-state index < -0.39 is 0 Å². The van der Waals surface area contributed by atoms with Crippen LogP contribution in [0.3, 0.4) is 0 Å². The number of para-hydroxylation sites is 1. The van der Waals surface area contributed by atoms with Crippen LogP contribution in [0.15, 0.2) is 33.8 Å². The zero-order valence-corrected chi connectivity index (χ0v) is 10.1. The Morgan fingerprint density at radius 2 is 2.31 bits per heavy atom. The van der Waals surface area contributed by atoms with Gasteiger partial charge < -0.3 is 10.9 Å². The van der Waals surface area contributed by atoms with Crippen LogP contribution in [0.4, 0.5) is 0 Å². The Balaban J connectivity index is 1.99. The largest absolute Gasteiger partial charge is 0.409 e. The number of fused-ring (bicyclic) bond motifs is 1. The van der Waals surface area contributed by atoms with Crippen molar-refractivity contribution in [2.75, 3.05) is 5.75 Å². The molecular formula is C10H11N3OS2. The average Bonchev–Trinajstić information content (AvgIpc) is 2.71. The molecule has 0 spiro atoms. The van der Waals surface area contributed by atoms with Crippen LogP contribution < -0.4 is 5.73 Å². The standard InChI is InChI=1S/C10H11N3OS2/c11-9(13-14)5-6-15-10-12-7-3-1-2-4-8(7)16-10/h1-4,14H,5-6H2,(H2,11,13). The number of hydrogen-bond donors (Lipinski definition) is 2. The second-order valence-corrected chi connectivity index (χ2v) is 5.51. The third kappa shape index (κ3) is 2.65. The minimum Gasteiger partial charge on any atom is -0.409 e. The maximum atomic E-state index is 8.39. The van der Waals surface area contributed by atoms with Crippen molar-refractivity contribution in [2.45, 2.75) is 10.8 Å². The Hall–Kier alpha value is -1.27. The van der Waals surface area contributed by atoms with Gasteiger partial charge in [-0.2, -0.15) is 0 Å². The van der Waals surface area contributed by atoms with Crippen LogP contribution in [0.25, 0.3) is 10.2 Å². The number of amidine groups is 1. The molecule has 1 aromatic carbocycles. The molecule has 0 aliphatic rings. The highest BCUT2D eigenvalue weighted by Gasteiger charge is 2.03. The monoisotopic (exact) mass is 253 g/mol. The molecule has 0 fully saturated rings. The number of rotatable bonds is 4. The van der Waals surface area contributed by atoms with Crippen LogP contribution in [0.1, 0.15) is 6.42 Å². The lowest BCUT2D eigenvalue weighted by Crippen LogP contribution is -2.11. The maximum absolute atomic E-state index is 8.39. The molecule has 6 heteroatoms. The van der Waals surface area contributed by atoms with Crippen molar-refractivity contribution in [1.82, 2.24) is 4.98 Å². The zero-order chi connectivity index (χ0) is 11.4. The number of oxime groups is 1. The van der Waals surface area contributed by atoms with Crippen molar-refractivity contribution in [2.24, 2.45) is 10.9 Å². The topological polar surface area (TPSA) is 71.5 Å². The van der Waals surface area contributed by atoms with E-state index in [1.165, 1.54) is 4.70 Å². The summed E-state index contributed by atoms with van der Waals surface area (Å²) in [6.45, 7) is 0. The number of thioether (sulfide) groups is 1. The first kappa shape index (κ1) is 11.2. The Morgan fingerprint density at radius 3 is 3.06 bits per heavy atom. The van der Waals surface area contributed by atoms with E-state index in [1.807, 2.05) is 18.2 Å². The van der Waals surface area contributed by atoms with Gasteiger partial charge in [0, 0.05) is 12.2 Å². The van der Waals surface area contributed by atoms with E-state index in [0.717, 1.165) is 15.6 Å². The zero-order valence-electron chi connectivity index (χ0n) is 8.46. The molecule has 0 amide bonds. The van der Waals surface area contributed by atoms with Gasteiger partial charge in [0.25, 0.3) is 0 Å². The van der Waals surface area contributed by atoms with E-state index in [-0.39, 0.29) is 5.84 Å². The normalized spacial score (nSPS) is 12.1. The van der Waals surface area contributed by atoms with E-state index in [0.29, 0.717) is 6.42 Å². The molecule has 0 bridgehead atoms. The van der Waals surface area contributed by atoms with Crippen LogP contribution in [0.5, 0.6) is 0 Å².